The Bertz CT molecular complexity index is 811. The zero-order chi connectivity index (χ0) is 20.6. The van der Waals surface area contributed by atoms with Gasteiger partial charge in [0.05, 0.1) is 5.92 Å². The summed E-state index contributed by atoms with van der Waals surface area (Å²) in [5, 5.41) is 0. The number of carbonyl (C=O) groups is 2. The Hall–Kier alpha value is -2.37. The van der Waals surface area contributed by atoms with Gasteiger partial charge in [0, 0.05) is 38.3 Å². The zero-order valence-corrected chi connectivity index (χ0v) is 18.4. The second-order valence-electron chi connectivity index (χ2n) is 7.81. The molecule has 2 amide bonds. The van der Waals surface area contributed by atoms with Crippen LogP contribution >= 0.6 is 12.4 Å². The predicted octanol–water partition coefficient (Wildman–Crippen LogP) is 3.30. The highest BCUT2D eigenvalue weighted by molar-refractivity contribution is 5.94. The lowest BCUT2D eigenvalue weighted by molar-refractivity contribution is -0.136. The van der Waals surface area contributed by atoms with Crippen LogP contribution in [0.25, 0.3) is 0 Å². The number of benzene rings is 2. The van der Waals surface area contributed by atoms with Gasteiger partial charge in [-0.2, -0.15) is 0 Å². The van der Waals surface area contributed by atoms with Crippen LogP contribution in [0.1, 0.15) is 34.3 Å². The molecule has 1 fully saturated rings. The smallest absolute Gasteiger partial charge is 0.253 e. The Morgan fingerprint density at radius 3 is 2.43 bits per heavy atom. The van der Waals surface area contributed by atoms with Crippen LogP contribution in [0.5, 0.6) is 0 Å². The van der Waals surface area contributed by atoms with E-state index in [0.717, 1.165) is 24.8 Å². The summed E-state index contributed by atoms with van der Waals surface area (Å²) in [4.78, 5) is 29.8. The van der Waals surface area contributed by atoms with E-state index in [9.17, 15) is 9.59 Å². The van der Waals surface area contributed by atoms with Crippen molar-refractivity contribution in [2.75, 3.05) is 32.7 Å². The Morgan fingerprint density at radius 1 is 1.07 bits per heavy atom. The topological polar surface area (TPSA) is 66.6 Å². The van der Waals surface area contributed by atoms with Crippen LogP contribution in [0, 0.1) is 12.8 Å². The van der Waals surface area contributed by atoms with Crippen molar-refractivity contribution in [1.29, 1.82) is 0 Å². The highest BCUT2D eigenvalue weighted by atomic mass is 35.5. The summed E-state index contributed by atoms with van der Waals surface area (Å²) in [6.45, 7) is 4.84. The number of piperidine rings is 1. The number of hydrogen-bond donors (Lipinski definition) is 1. The second kappa shape index (κ2) is 11.7. The summed E-state index contributed by atoms with van der Waals surface area (Å²) in [6, 6.07) is 17.8. The first kappa shape index (κ1) is 23.9. The Morgan fingerprint density at radius 2 is 1.77 bits per heavy atom. The number of aryl methyl sites for hydroxylation is 1. The van der Waals surface area contributed by atoms with E-state index in [1.165, 1.54) is 5.56 Å². The first-order chi connectivity index (χ1) is 14.1. The fourth-order valence-corrected chi connectivity index (χ4v) is 3.90. The fraction of sp³-hybridized carbons (Fsp3) is 0.417. The zero-order valence-electron chi connectivity index (χ0n) is 17.6. The van der Waals surface area contributed by atoms with Crippen molar-refractivity contribution in [2.24, 2.45) is 11.7 Å². The van der Waals surface area contributed by atoms with Crippen LogP contribution < -0.4 is 5.73 Å². The fourth-order valence-electron chi connectivity index (χ4n) is 3.90. The van der Waals surface area contributed by atoms with Crippen LogP contribution in [0.4, 0.5) is 0 Å². The molecule has 1 heterocycles. The van der Waals surface area contributed by atoms with Gasteiger partial charge in [-0.15, -0.1) is 12.4 Å². The molecular weight excluding hydrogens is 398 g/mol. The Balaban J connectivity index is 0.00000320. The maximum absolute atomic E-state index is 13.2. The highest BCUT2D eigenvalue weighted by Gasteiger charge is 2.31. The molecule has 0 bridgehead atoms. The lowest BCUT2D eigenvalue weighted by Gasteiger charge is -2.35. The molecule has 1 atom stereocenters. The molecule has 5 nitrogen and oxygen atoms in total. The molecule has 0 aromatic heterocycles. The van der Waals surface area contributed by atoms with E-state index in [1.54, 1.807) is 0 Å². The number of nitrogens with two attached hydrogens (primary N) is 1. The van der Waals surface area contributed by atoms with Crippen molar-refractivity contribution in [2.45, 2.75) is 26.2 Å². The standard InChI is InChI=1S/C24H31N3O2.ClH/c1-19-9-11-21(12-10-19)23(28)27-15-5-8-22(18-27)24(29)26(17-14-25)16-13-20-6-3-2-4-7-20;/h2-4,6-7,9-12,22H,5,8,13-18,25H2,1H3;1H. The number of halogens is 1. The molecule has 3 rings (SSSR count). The van der Waals surface area contributed by atoms with E-state index in [4.69, 9.17) is 5.73 Å². The second-order valence-corrected chi connectivity index (χ2v) is 7.81. The van der Waals surface area contributed by atoms with E-state index in [0.29, 0.717) is 38.3 Å². The first-order valence-corrected chi connectivity index (χ1v) is 10.5. The van der Waals surface area contributed by atoms with Gasteiger partial charge < -0.3 is 15.5 Å². The largest absolute Gasteiger partial charge is 0.341 e. The van der Waals surface area contributed by atoms with E-state index in [-0.39, 0.29) is 30.1 Å². The average molecular weight is 430 g/mol. The third kappa shape index (κ3) is 6.31. The number of rotatable bonds is 7. The van der Waals surface area contributed by atoms with E-state index >= 15 is 0 Å². The predicted molar refractivity (Wildman–Crippen MR) is 123 cm³/mol. The molecule has 1 saturated heterocycles. The monoisotopic (exact) mass is 429 g/mol. The molecule has 0 saturated carbocycles. The molecule has 1 unspecified atom stereocenters. The van der Waals surface area contributed by atoms with Crippen LogP contribution in [0.3, 0.4) is 0 Å². The minimum atomic E-state index is -0.152. The molecule has 0 aliphatic carbocycles. The molecule has 2 aromatic rings. The third-order valence-corrected chi connectivity index (χ3v) is 5.58. The van der Waals surface area contributed by atoms with E-state index in [1.807, 2.05) is 59.2 Å². The van der Waals surface area contributed by atoms with Crippen LogP contribution in [0.15, 0.2) is 54.6 Å². The minimum absolute atomic E-state index is 0. The summed E-state index contributed by atoms with van der Waals surface area (Å²) in [5.74, 6) is -0.0228. The number of amides is 2. The molecule has 1 aliphatic heterocycles. The molecule has 2 aromatic carbocycles. The molecule has 6 heteroatoms. The van der Waals surface area contributed by atoms with Gasteiger partial charge in [0.25, 0.3) is 5.91 Å². The first-order valence-electron chi connectivity index (χ1n) is 10.5. The average Bonchev–Trinajstić information content (AvgIpc) is 2.77. The Kier molecular flexibility index (Phi) is 9.34. The summed E-state index contributed by atoms with van der Waals surface area (Å²) in [5.41, 5.74) is 8.80. The SMILES string of the molecule is Cc1ccc(C(=O)N2CCCC(C(=O)N(CCN)CCc3ccccc3)C2)cc1.Cl. The van der Waals surface area contributed by atoms with Crippen molar-refractivity contribution in [1.82, 2.24) is 9.80 Å². The summed E-state index contributed by atoms with van der Waals surface area (Å²) < 4.78 is 0. The van der Waals surface area contributed by atoms with Gasteiger partial charge in [0.2, 0.25) is 5.91 Å². The van der Waals surface area contributed by atoms with Crippen molar-refractivity contribution in [3.8, 4) is 0 Å². The maximum Gasteiger partial charge on any atom is 0.253 e. The summed E-state index contributed by atoms with van der Waals surface area (Å²) in [6.07, 6.45) is 2.48. The number of nitrogens with zero attached hydrogens (tertiary/aromatic N) is 2. The molecule has 162 valence electrons. The number of likely N-dealkylation sites (tertiary alicyclic amines) is 1. The maximum atomic E-state index is 13.2. The molecule has 0 spiro atoms. The van der Waals surface area contributed by atoms with E-state index < -0.39 is 0 Å². The number of carbonyl (C=O) groups excluding carboxylic acids is 2. The molecule has 0 radical (unpaired) electrons. The third-order valence-electron chi connectivity index (χ3n) is 5.58. The van der Waals surface area contributed by atoms with Crippen molar-refractivity contribution < 1.29 is 9.59 Å². The van der Waals surface area contributed by atoms with Crippen molar-refractivity contribution in [3.05, 3.63) is 71.3 Å². The quantitative estimate of drug-likeness (QED) is 0.734. The van der Waals surface area contributed by atoms with Crippen molar-refractivity contribution >= 4 is 24.2 Å². The summed E-state index contributed by atoms with van der Waals surface area (Å²) >= 11 is 0. The summed E-state index contributed by atoms with van der Waals surface area (Å²) in [7, 11) is 0. The van der Waals surface area contributed by atoms with Gasteiger partial charge in [-0.3, -0.25) is 9.59 Å². The van der Waals surface area contributed by atoms with Gasteiger partial charge in [-0.05, 0) is 43.9 Å². The lowest BCUT2D eigenvalue weighted by atomic mass is 9.95. The van der Waals surface area contributed by atoms with Gasteiger partial charge in [0.15, 0.2) is 0 Å². The molecular formula is C24H32ClN3O2. The normalized spacial score (nSPS) is 15.9. The minimum Gasteiger partial charge on any atom is -0.341 e. The molecule has 2 N–H and O–H groups in total. The van der Waals surface area contributed by atoms with Gasteiger partial charge in [-0.1, -0.05) is 48.0 Å². The molecule has 1 aliphatic rings. The Labute approximate surface area is 185 Å². The van der Waals surface area contributed by atoms with Crippen LogP contribution in [0.2, 0.25) is 0 Å². The van der Waals surface area contributed by atoms with Crippen LogP contribution in [-0.4, -0.2) is 54.3 Å². The highest BCUT2D eigenvalue weighted by Crippen LogP contribution is 2.21. The van der Waals surface area contributed by atoms with Crippen molar-refractivity contribution in [3.63, 3.8) is 0 Å². The lowest BCUT2D eigenvalue weighted by Crippen LogP contribution is -2.48. The van der Waals surface area contributed by atoms with E-state index in [2.05, 4.69) is 12.1 Å². The van der Waals surface area contributed by atoms with Gasteiger partial charge in [-0.25, -0.2) is 0 Å². The van der Waals surface area contributed by atoms with Gasteiger partial charge >= 0.3 is 0 Å². The number of hydrogen-bond acceptors (Lipinski definition) is 3. The molecule has 30 heavy (non-hydrogen) atoms. The van der Waals surface area contributed by atoms with Crippen LogP contribution in [-0.2, 0) is 11.2 Å². The van der Waals surface area contributed by atoms with Gasteiger partial charge in [0.1, 0.15) is 0 Å².